The molecule has 35 heavy (non-hydrogen) atoms. The summed E-state index contributed by atoms with van der Waals surface area (Å²) in [7, 11) is 0. The van der Waals surface area contributed by atoms with E-state index < -0.39 is 12.0 Å². The van der Waals surface area contributed by atoms with Gasteiger partial charge in [0.15, 0.2) is 0 Å². The van der Waals surface area contributed by atoms with Crippen LogP contribution in [-0.4, -0.2) is 33.6 Å². The van der Waals surface area contributed by atoms with E-state index in [0.717, 1.165) is 43.4 Å². The summed E-state index contributed by atoms with van der Waals surface area (Å²) in [6.07, 6.45) is 19.0. The Hall–Kier alpha value is -2.27. The van der Waals surface area contributed by atoms with Crippen molar-refractivity contribution >= 4 is 23.5 Å². The standard InChI is InChI=1S/C30H46N2O2S/c1-23(2)12-9-15-24(3)13-7-8-14-25(4)16-10-17-26(5)19-21-35-22-28(30(33)34)32-29-27(6)18-11-20-31-29/h11-13,16,18-20,28H,7-10,14-15,17,21-22H2,1-6H3,(H,31,32)(H,33,34)/b24-13+,25-16+,26-19+. The molecule has 0 saturated carbocycles. The van der Waals surface area contributed by atoms with E-state index in [1.807, 2.05) is 19.1 Å². The smallest absolute Gasteiger partial charge is 0.327 e. The maximum Gasteiger partial charge on any atom is 0.327 e. The Morgan fingerprint density at radius 2 is 1.60 bits per heavy atom. The highest BCUT2D eigenvalue weighted by molar-refractivity contribution is 7.99. The summed E-state index contributed by atoms with van der Waals surface area (Å²) in [5, 5.41) is 12.6. The number of nitrogens with zero attached hydrogens (tertiary/aromatic N) is 1. The molecular weight excluding hydrogens is 452 g/mol. The number of hydrogen-bond donors (Lipinski definition) is 2. The van der Waals surface area contributed by atoms with Gasteiger partial charge in [0.1, 0.15) is 11.9 Å². The van der Waals surface area contributed by atoms with Gasteiger partial charge in [0.05, 0.1) is 0 Å². The van der Waals surface area contributed by atoms with Gasteiger partial charge in [-0.3, -0.25) is 0 Å². The summed E-state index contributed by atoms with van der Waals surface area (Å²) in [5.41, 5.74) is 6.68. The van der Waals surface area contributed by atoms with Crippen LogP contribution in [0.1, 0.15) is 85.1 Å². The zero-order chi connectivity index (χ0) is 26.1. The minimum atomic E-state index is -0.849. The monoisotopic (exact) mass is 498 g/mol. The average Bonchev–Trinajstić information content (AvgIpc) is 2.79. The SMILES string of the molecule is CC(C)=CCC/C(C)=C/CCC/C(C)=C/CC/C(C)=C/CSCC(Nc1ncccc1C)C(=O)O. The molecule has 0 saturated heterocycles. The number of allylic oxidation sites excluding steroid dienone is 7. The Kier molecular flexibility index (Phi) is 15.9. The molecule has 0 aromatic carbocycles. The molecule has 4 nitrogen and oxygen atoms in total. The second-order valence-electron chi connectivity index (χ2n) is 9.64. The molecule has 0 aliphatic heterocycles. The third-order valence-corrected chi connectivity index (χ3v) is 6.81. The van der Waals surface area contributed by atoms with Gasteiger partial charge in [0, 0.05) is 17.7 Å². The zero-order valence-electron chi connectivity index (χ0n) is 22.7. The fourth-order valence-electron chi connectivity index (χ4n) is 3.53. The van der Waals surface area contributed by atoms with Gasteiger partial charge in [-0.1, -0.05) is 52.7 Å². The first-order valence-corrected chi connectivity index (χ1v) is 13.9. The minimum Gasteiger partial charge on any atom is -0.480 e. The molecule has 1 aromatic heterocycles. The predicted octanol–water partition coefficient (Wildman–Crippen LogP) is 8.52. The van der Waals surface area contributed by atoms with Gasteiger partial charge in [-0.05, 0) is 98.1 Å². The number of unbranched alkanes of at least 4 members (excludes halogenated alkanes) is 1. The van der Waals surface area contributed by atoms with E-state index in [4.69, 9.17) is 0 Å². The molecule has 5 heteroatoms. The van der Waals surface area contributed by atoms with Crippen molar-refractivity contribution in [2.45, 2.75) is 92.5 Å². The maximum absolute atomic E-state index is 11.6. The number of pyridine rings is 1. The molecular formula is C30H46N2O2S. The van der Waals surface area contributed by atoms with Gasteiger partial charge in [-0.15, -0.1) is 0 Å². The Balaban J connectivity index is 2.28. The highest BCUT2D eigenvalue weighted by Gasteiger charge is 2.18. The van der Waals surface area contributed by atoms with Crippen LogP contribution in [0.15, 0.2) is 64.9 Å². The number of carbonyl (C=O) groups is 1. The van der Waals surface area contributed by atoms with Crippen molar-refractivity contribution in [3.63, 3.8) is 0 Å². The number of anilines is 1. The van der Waals surface area contributed by atoms with E-state index in [0.29, 0.717) is 11.6 Å². The maximum atomic E-state index is 11.6. The Morgan fingerprint density at radius 1 is 0.971 bits per heavy atom. The molecule has 1 heterocycles. The second-order valence-corrected chi connectivity index (χ2v) is 10.7. The number of rotatable bonds is 17. The van der Waals surface area contributed by atoms with Crippen molar-refractivity contribution in [3.05, 3.63) is 70.5 Å². The second kappa shape index (κ2) is 18.1. The van der Waals surface area contributed by atoms with Crippen molar-refractivity contribution in [2.24, 2.45) is 0 Å². The van der Waals surface area contributed by atoms with Crippen molar-refractivity contribution in [3.8, 4) is 0 Å². The average molecular weight is 499 g/mol. The van der Waals surface area contributed by atoms with Gasteiger partial charge >= 0.3 is 5.97 Å². The Labute approximate surface area is 218 Å². The van der Waals surface area contributed by atoms with E-state index in [9.17, 15) is 9.90 Å². The fraction of sp³-hybridized carbons (Fsp3) is 0.533. The first-order chi connectivity index (χ1) is 16.7. The molecule has 0 bridgehead atoms. The number of aryl methyl sites for hydroxylation is 1. The number of aliphatic carboxylic acids is 1. The van der Waals surface area contributed by atoms with Crippen molar-refractivity contribution in [1.82, 2.24) is 4.98 Å². The predicted molar refractivity (Wildman–Crippen MR) is 154 cm³/mol. The van der Waals surface area contributed by atoms with E-state index in [1.165, 1.54) is 35.1 Å². The summed E-state index contributed by atoms with van der Waals surface area (Å²) < 4.78 is 0. The minimum absolute atomic E-state index is 0.497. The van der Waals surface area contributed by atoms with Crippen LogP contribution in [0.25, 0.3) is 0 Å². The van der Waals surface area contributed by atoms with Gasteiger partial charge in [-0.2, -0.15) is 11.8 Å². The summed E-state index contributed by atoms with van der Waals surface area (Å²) in [6.45, 7) is 12.9. The number of nitrogens with one attached hydrogen (secondary N) is 1. The molecule has 0 radical (unpaired) electrons. The van der Waals surface area contributed by atoms with E-state index in [1.54, 1.807) is 18.0 Å². The number of thioether (sulfide) groups is 1. The highest BCUT2D eigenvalue weighted by atomic mass is 32.2. The topological polar surface area (TPSA) is 62.2 Å². The largest absolute Gasteiger partial charge is 0.480 e. The fourth-order valence-corrected chi connectivity index (χ4v) is 4.53. The first kappa shape index (κ1) is 30.8. The number of carboxylic acids is 1. The highest BCUT2D eigenvalue weighted by Crippen LogP contribution is 2.16. The lowest BCUT2D eigenvalue weighted by atomic mass is 10.0. The summed E-state index contributed by atoms with van der Waals surface area (Å²) in [4.78, 5) is 15.9. The molecule has 0 amide bonds. The van der Waals surface area contributed by atoms with Crippen LogP contribution in [0.3, 0.4) is 0 Å². The third-order valence-electron chi connectivity index (χ3n) is 5.84. The van der Waals surface area contributed by atoms with Crippen molar-refractivity contribution < 1.29 is 9.90 Å². The molecule has 0 spiro atoms. The van der Waals surface area contributed by atoms with E-state index in [-0.39, 0.29) is 0 Å². The van der Waals surface area contributed by atoms with Crippen LogP contribution in [0.5, 0.6) is 0 Å². The number of carboxylic acid groups (broad SMARTS) is 1. The first-order valence-electron chi connectivity index (χ1n) is 12.8. The van der Waals surface area contributed by atoms with Gasteiger partial charge in [-0.25, -0.2) is 9.78 Å². The van der Waals surface area contributed by atoms with Crippen molar-refractivity contribution in [1.29, 1.82) is 0 Å². The van der Waals surface area contributed by atoms with Crippen LogP contribution in [0.4, 0.5) is 5.82 Å². The van der Waals surface area contributed by atoms with Crippen molar-refractivity contribution in [2.75, 3.05) is 16.8 Å². The lowest BCUT2D eigenvalue weighted by Gasteiger charge is -2.15. The molecule has 1 rings (SSSR count). The molecule has 1 unspecified atom stereocenters. The zero-order valence-corrected chi connectivity index (χ0v) is 23.5. The Morgan fingerprint density at radius 3 is 2.26 bits per heavy atom. The van der Waals surface area contributed by atoms with Gasteiger partial charge in [0.2, 0.25) is 0 Å². The van der Waals surface area contributed by atoms with E-state index >= 15 is 0 Å². The summed E-state index contributed by atoms with van der Waals surface area (Å²) in [6, 6.07) is 3.13. The molecule has 0 aliphatic carbocycles. The normalized spacial score (nSPS) is 13.5. The third kappa shape index (κ3) is 15.4. The lowest BCUT2D eigenvalue weighted by molar-refractivity contribution is -0.137. The molecule has 0 aliphatic rings. The molecule has 1 aromatic rings. The van der Waals surface area contributed by atoms with E-state index in [2.05, 4.69) is 69.2 Å². The number of hydrogen-bond acceptors (Lipinski definition) is 4. The number of aromatic nitrogens is 1. The molecule has 0 fully saturated rings. The van der Waals surface area contributed by atoms with Gasteiger partial charge in [0.25, 0.3) is 0 Å². The molecule has 194 valence electrons. The quantitative estimate of drug-likeness (QED) is 0.166. The van der Waals surface area contributed by atoms with Crippen LogP contribution in [0, 0.1) is 6.92 Å². The summed E-state index contributed by atoms with van der Waals surface area (Å²) >= 11 is 1.63. The van der Waals surface area contributed by atoms with Crippen LogP contribution in [0.2, 0.25) is 0 Å². The Bertz CT molecular complexity index is 895. The van der Waals surface area contributed by atoms with Gasteiger partial charge < -0.3 is 10.4 Å². The molecule has 2 N–H and O–H groups in total. The van der Waals surface area contributed by atoms with Crippen LogP contribution in [-0.2, 0) is 4.79 Å². The lowest BCUT2D eigenvalue weighted by Crippen LogP contribution is -2.32. The van der Waals surface area contributed by atoms with Crippen LogP contribution < -0.4 is 5.32 Å². The van der Waals surface area contributed by atoms with Crippen LogP contribution >= 0.6 is 11.8 Å². The summed E-state index contributed by atoms with van der Waals surface area (Å²) in [5.74, 6) is 1.11. The molecule has 1 atom stereocenters.